The third-order valence-electron chi connectivity index (χ3n) is 2.77. The molecule has 0 saturated carbocycles. The first-order valence-corrected chi connectivity index (χ1v) is 6.72. The molecule has 0 spiro atoms. The van der Waals surface area contributed by atoms with Gasteiger partial charge >= 0.3 is 0 Å². The number of carbonyl (C=O) groups excluding carboxylic acids is 1. The van der Waals surface area contributed by atoms with Gasteiger partial charge in [0.15, 0.2) is 0 Å². The molecule has 1 aromatic carbocycles. The largest absolute Gasteiger partial charge is 0.465 e. The predicted octanol–water partition coefficient (Wildman–Crippen LogP) is 2.13. The van der Waals surface area contributed by atoms with Gasteiger partial charge in [-0.15, -0.1) is 0 Å². The van der Waals surface area contributed by atoms with Crippen molar-refractivity contribution in [1.29, 1.82) is 0 Å². The second-order valence-corrected chi connectivity index (χ2v) is 4.36. The molecule has 2 rings (SSSR count). The lowest BCUT2D eigenvalue weighted by atomic mass is 10.2. The Kier molecular flexibility index (Phi) is 5.60. The second kappa shape index (κ2) is 7.91. The molecule has 1 aromatic heterocycles. The first-order chi connectivity index (χ1) is 10.3. The van der Waals surface area contributed by atoms with Gasteiger partial charge in [0, 0.05) is 24.3 Å². The molecule has 0 aliphatic heterocycles. The topological polar surface area (TPSA) is 74.5 Å². The summed E-state index contributed by atoms with van der Waals surface area (Å²) in [6.07, 6.45) is 5.45. The molecule has 0 fully saturated rings. The molecule has 0 radical (unpaired) electrons. The number of benzene rings is 1. The van der Waals surface area contributed by atoms with Crippen LogP contribution >= 0.6 is 0 Å². The van der Waals surface area contributed by atoms with Crippen molar-refractivity contribution >= 4 is 17.7 Å². The molecular formula is C16H18N2O3. The molecule has 1 amide bonds. The SMILES string of the molecule is O=C(NCCO)c1cccc(NC/C=C/c2ccco2)c1. The second-order valence-electron chi connectivity index (χ2n) is 4.36. The number of aliphatic hydroxyl groups is 1. The highest BCUT2D eigenvalue weighted by molar-refractivity contribution is 5.95. The number of anilines is 1. The van der Waals surface area contributed by atoms with Gasteiger partial charge in [-0.3, -0.25) is 4.79 Å². The van der Waals surface area contributed by atoms with Crippen LogP contribution < -0.4 is 10.6 Å². The van der Waals surface area contributed by atoms with E-state index in [2.05, 4.69) is 10.6 Å². The van der Waals surface area contributed by atoms with Gasteiger partial charge in [0.25, 0.3) is 5.91 Å². The molecule has 0 atom stereocenters. The number of furan rings is 1. The van der Waals surface area contributed by atoms with E-state index in [1.165, 1.54) is 0 Å². The van der Waals surface area contributed by atoms with E-state index in [-0.39, 0.29) is 19.1 Å². The summed E-state index contributed by atoms with van der Waals surface area (Å²) in [5.74, 6) is 0.604. The fourth-order valence-corrected chi connectivity index (χ4v) is 1.78. The number of rotatable bonds is 7. The van der Waals surface area contributed by atoms with Gasteiger partial charge < -0.3 is 20.2 Å². The van der Waals surface area contributed by atoms with Crippen molar-refractivity contribution in [3.63, 3.8) is 0 Å². The van der Waals surface area contributed by atoms with E-state index >= 15 is 0 Å². The van der Waals surface area contributed by atoms with Gasteiger partial charge in [0.05, 0.1) is 12.9 Å². The van der Waals surface area contributed by atoms with Crippen molar-refractivity contribution in [3.05, 3.63) is 60.1 Å². The number of carbonyl (C=O) groups is 1. The summed E-state index contributed by atoms with van der Waals surface area (Å²) in [5.41, 5.74) is 1.42. The number of amides is 1. The zero-order valence-electron chi connectivity index (χ0n) is 11.6. The monoisotopic (exact) mass is 286 g/mol. The van der Waals surface area contributed by atoms with Gasteiger partial charge in [-0.05, 0) is 36.4 Å². The van der Waals surface area contributed by atoms with Crippen LogP contribution in [0.3, 0.4) is 0 Å². The average molecular weight is 286 g/mol. The molecule has 5 nitrogen and oxygen atoms in total. The van der Waals surface area contributed by atoms with Crippen molar-refractivity contribution in [3.8, 4) is 0 Å². The Labute approximate surface area is 123 Å². The summed E-state index contributed by atoms with van der Waals surface area (Å²) in [6, 6.07) is 10.9. The van der Waals surface area contributed by atoms with Gasteiger partial charge in [0.1, 0.15) is 5.76 Å². The Morgan fingerprint density at radius 1 is 1.29 bits per heavy atom. The van der Waals surface area contributed by atoms with Crippen LogP contribution in [0.5, 0.6) is 0 Å². The van der Waals surface area contributed by atoms with Crippen LogP contribution in [0.15, 0.2) is 53.2 Å². The van der Waals surface area contributed by atoms with E-state index in [1.54, 1.807) is 18.4 Å². The Bertz CT molecular complexity index is 591. The van der Waals surface area contributed by atoms with E-state index in [4.69, 9.17) is 9.52 Å². The van der Waals surface area contributed by atoms with E-state index in [0.29, 0.717) is 12.1 Å². The summed E-state index contributed by atoms with van der Waals surface area (Å²) in [5, 5.41) is 14.5. The summed E-state index contributed by atoms with van der Waals surface area (Å²) in [7, 11) is 0. The van der Waals surface area contributed by atoms with Gasteiger partial charge in [-0.2, -0.15) is 0 Å². The van der Waals surface area contributed by atoms with Gasteiger partial charge in [0.2, 0.25) is 0 Å². The fraction of sp³-hybridized carbons (Fsp3) is 0.188. The van der Waals surface area contributed by atoms with Gasteiger partial charge in [-0.25, -0.2) is 0 Å². The van der Waals surface area contributed by atoms with E-state index < -0.39 is 0 Å². The number of aliphatic hydroxyl groups excluding tert-OH is 1. The minimum absolute atomic E-state index is 0.0682. The predicted molar refractivity (Wildman–Crippen MR) is 82.1 cm³/mol. The third-order valence-corrected chi connectivity index (χ3v) is 2.77. The molecule has 110 valence electrons. The van der Waals surface area contributed by atoms with Crippen molar-refractivity contribution in [2.45, 2.75) is 0 Å². The first kappa shape index (κ1) is 14.9. The molecular weight excluding hydrogens is 268 g/mol. The maximum absolute atomic E-state index is 11.8. The van der Waals surface area contributed by atoms with E-state index in [0.717, 1.165) is 11.4 Å². The molecule has 0 aliphatic carbocycles. The highest BCUT2D eigenvalue weighted by atomic mass is 16.3. The molecule has 2 aromatic rings. The number of hydrogen-bond donors (Lipinski definition) is 3. The van der Waals surface area contributed by atoms with Crippen LogP contribution in [-0.4, -0.2) is 30.7 Å². The molecule has 0 bridgehead atoms. The summed E-state index contributed by atoms with van der Waals surface area (Å²) in [6.45, 7) is 0.812. The normalized spacial score (nSPS) is 10.7. The Hall–Kier alpha value is -2.53. The maximum Gasteiger partial charge on any atom is 0.251 e. The van der Waals surface area contributed by atoms with Crippen LogP contribution in [-0.2, 0) is 0 Å². The van der Waals surface area contributed by atoms with Crippen LogP contribution in [0, 0.1) is 0 Å². The molecule has 0 saturated heterocycles. The van der Waals surface area contributed by atoms with Crippen LogP contribution in [0.2, 0.25) is 0 Å². The Morgan fingerprint density at radius 3 is 2.95 bits per heavy atom. The minimum atomic E-state index is -0.196. The highest BCUT2D eigenvalue weighted by Crippen LogP contribution is 2.10. The summed E-state index contributed by atoms with van der Waals surface area (Å²) >= 11 is 0. The molecule has 21 heavy (non-hydrogen) atoms. The van der Waals surface area contributed by atoms with E-state index in [1.807, 2.05) is 36.4 Å². The van der Waals surface area contributed by atoms with Crippen molar-refractivity contribution in [2.24, 2.45) is 0 Å². The van der Waals surface area contributed by atoms with Crippen molar-refractivity contribution in [2.75, 3.05) is 25.0 Å². The van der Waals surface area contributed by atoms with Crippen LogP contribution in [0.4, 0.5) is 5.69 Å². The third kappa shape index (κ3) is 4.81. The molecule has 0 unspecified atom stereocenters. The summed E-state index contributed by atoms with van der Waals surface area (Å²) in [4.78, 5) is 11.8. The van der Waals surface area contributed by atoms with Crippen LogP contribution in [0.25, 0.3) is 6.08 Å². The van der Waals surface area contributed by atoms with Crippen molar-refractivity contribution in [1.82, 2.24) is 5.32 Å². The Balaban J connectivity index is 1.87. The molecule has 3 N–H and O–H groups in total. The Morgan fingerprint density at radius 2 is 2.19 bits per heavy atom. The minimum Gasteiger partial charge on any atom is -0.465 e. The maximum atomic E-state index is 11.8. The number of nitrogens with one attached hydrogen (secondary N) is 2. The quantitative estimate of drug-likeness (QED) is 0.729. The first-order valence-electron chi connectivity index (χ1n) is 6.72. The molecule has 1 heterocycles. The smallest absolute Gasteiger partial charge is 0.251 e. The summed E-state index contributed by atoms with van der Waals surface area (Å²) < 4.78 is 5.19. The lowest BCUT2D eigenvalue weighted by molar-refractivity contribution is 0.0945. The fourth-order valence-electron chi connectivity index (χ4n) is 1.78. The van der Waals surface area contributed by atoms with Crippen LogP contribution in [0.1, 0.15) is 16.1 Å². The zero-order valence-corrected chi connectivity index (χ0v) is 11.6. The lowest BCUT2D eigenvalue weighted by Gasteiger charge is -2.07. The van der Waals surface area contributed by atoms with E-state index in [9.17, 15) is 4.79 Å². The zero-order chi connectivity index (χ0) is 14.9. The van der Waals surface area contributed by atoms with Gasteiger partial charge in [-0.1, -0.05) is 12.1 Å². The highest BCUT2D eigenvalue weighted by Gasteiger charge is 2.04. The molecule has 5 heteroatoms. The average Bonchev–Trinajstić information content (AvgIpc) is 3.03. The lowest BCUT2D eigenvalue weighted by Crippen LogP contribution is -2.26. The standard InChI is InChI=1S/C16H18N2O3/c19-10-9-18-16(20)13-4-1-5-14(12-13)17-8-2-6-15-7-3-11-21-15/h1-7,11-12,17,19H,8-10H2,(H,18,20)/b6-2+. The van der Waals surface area contributed by atoms with Crippen molar-refractivity contribution < 1.29 is 14.3 Å². The number of hydrogen-bond acceptors (Lipinski definition) is 4. The molecule has 0 aliphatic rings.